The third-order valence-corrected chi connectivity index (χ3v) is 3.83. The fourth-order valence-corrected chi connectivity index (χ4v) is 2.74. The first kappa shape index (κ1) is 16.0. The molecule has 5 atom stereocenters. The third kappa shape index (κ3) is 2.64. The van der Waals surface area contributed by atoms with Crippen LogP contribution < -0.4 is 5.73 Å². The molecule has 10 nitrogen and oxygen atoms in total. The molecule has 1 saturated heterocycles. The molecule has 0 radical (unpaired) electrons. The molecule has 3 rings (SSSR count). The van der Waals surface area contributed by atoms with Crippen LogP contribution in [0.1, 0.15) is 19.0 Å². The summed E-state index contributed by atoms with van der Waals surface area (Å²) >= 11 is 0. The number of rotatable bonds is 4. The van der Waals surface area contributed by atoms with Gasteiger partial charge in [-0.3, -0.25) is 4.57 Å². The topological polar surface area (TPSA) is 160 Å². The largest absolute Gasteiger partial charge is 0.394 e. The normalized spacial score (nSPS) is 29.3. The van der Waals surface area contributed by atoms with Crippen molar-refractivity contribution in [1.82, 2.24) is 19.5 Å². The van der Waals surface area contributed by atoms with Gasteiger partial charge >= 0.3 is 0 Å². The van der Waals surface area contributed by atoms with E-state index < -0.39 is 37.3 Å². The molecule has 1 aliphatic heterocycles. The van der Waals surface area contributed by atoms with Crippen LogP contribution in [0.2, 0.25) is 0 Å². The SMILES string of the molecule is CC(O)Cc1nc2c(N)ncnc2n1[C@H]1O[C@H](CO)[C@@H](O)[C@H]1O. The van der Waals surface area contributed by atoms with Gasteiger partial charge in [0.25, 0.3) is 0 Å². The van der Waals surface area contributed by atoms with Crippen molar-refractivity contribution >= 4 is 17.0 Å². The van der Waals surface area contributed by atoms with Crippen molar-refractivity contribution < 1.29 is 25.2 Å². The monoisotopic (exact) mass is 325 g/mol. The van der Waals surface area contributed by atoms with Crippen LogP contribution in [-0.4, -0.2) is 71.0 Å². The Kier molecular flexibility index (Phi) is 4.17. The average molecular weight is 325 g/mol. The average Bonchev–Trinajstić information content (AvgIpc) is 2.98. The first-order valence-electron chi connectivity index (χ1n) is 7.21. The van der Waals surface area contributed by atoms with Crippen LogP contribution in [0.25, 0.3) is 11.2 Å². The zero-order chi connectivity index (χ0) is 16.7. The fourth-order valence-electron chi connectivity index (χ4n) is 2.74. The number of fused-ring (bicyclic) bond motifs is 1. The summed E-state index contributed by atoms with van der Waals surface area (Å²) in [5.74, 6) is 0.546. The van der Waals surface area contributed by atoms with Gasteiger partial charge in [0.1, 0.15) is 30.5 Å². The summed E-state index contributed by atoms with van der Waals surface area (Å²) in [5, 5.41) is 39.1. The molecule has 0 spiro atoms. The van der Waals surface area contributed by atoms with E-state index in [0.717, 1.165) is 0 Å². The molecule has 1 unspecified atom stereocenters. The number of aliphatic hydroxyl groups excluding tert-OH is 4. The highest BCUT2D eigenvalue weighted by Crippen LogP contribution is 2.33. The molecule has 10 heteroatoms. The summed E-state index contributed by atoms with van der Waals surface area (Å²) in [6.45, 7) is 1.15. The van der Waals surface area contributed by atoms with Gasteiger partial charge in [-0.1, -0.05) is 0 Å². The summed E-state index contributed by atoms with van der Waals surface area (Å²) < 4.78 is 7.02. The van der Waals surface area contributed by atoms with Crippen molar-refractivity contribution in [1.29, 1.82) is 0 Å². The number of imidazole rings is 1. The molecule has 3 heterocycles. The van der Waals surface area contributed by atoms with Crippen LogP contribution in [0.3, 0.4) is 0 Å². The van der Waals surface area contributed by atoms with Crippen LogP contribution in [0, 0.1) is 0 Å². The number of anilines is 1. The lowest BCUT2D eigenvalue weighted by atomic mass is 10.1. The van der Waals surface area contributed by atoms with Crippen LogP contribution in [0.4, 0.5) is 5.82 Å². The number of ether oxygens (including phenoxy) is 1. The van der Waals surface area contributed by atoms with Gasteiger partial charge in [0.2, 0.25) is 0 Å². The van der Waals surface area contributed by atoms with Crippen LogP contribution in [0.5, 0.6) is 0 Å². The minimum absolute atomic E-state index is 0.160. The molecule has 0 aromatic carbocycles. The standard InChI is InChI=1S/C13H19N5O5/c1-5(20)2-7-17-8-11(14)15-4-16-12(8)18(7)13-10(22)9(21)6(3-19)23-13/h4-6,9-10,13,19-22H,2-3H2,1H3,(H2,14,15,16)/t5?,6-,9-,10-,13+/m1/s1. The summed E-state index contributed by atoms with van der Waals surface area (Å²) in [5.41, 5.74) is 6.44. The summed E-state index contributed by atoms with van der Waals surface area (Å²) in [6.07, 6.45) is -3.74. The van der Waals surface area contributed by atoms with Gasteiger partial charge < -0.3 is 30.9 Å². The van der Waals surface area contributed by atoms with Gasteiger partial charge in [-0.2, -0.15) is 0 Å². The van der Waals surface area contributed by atoms with Crippen molar-refractivity contribution in [2.45, 2.75) is 44.0 Å². The number of nitrogen functional groups attached to an aromatic ring is 1. The molecule has 2 aromatic heterocycles. The molecule has 0 bridgehead atoms. The van der Waals surface area contributed by atoms with Crippen molar-refractivity contribution in [3.63, 3.8) is 0 Å². The number of aliphatic hydroxyl groups is 4. The zero-order valence-electron chi connectivity index (χ0n) is 12.4. The number of hydrogen-bond donors (Lipinski definition) is 5. The number of nitrogens with two attached hydrogens (primary N) is 1. The third-order valence-electron chi connectivity index (χ3n) is 3.83. The second kappa shape index (κ2) is 5.98. The predicted octanol–water partition coefficient (Wildman–Crippen LogP) is -2.06. The molecule has 0 amide bonds. The van der Waals surface area contributed by atoms with E-state index in [0.29, 0.717) is 17.0 Å². The Hall–Kier alpha value is -1.85. The number of aromatic nitrogens is 4. The summed E-state index contributed by atoms with van der Waals surface area (Å²) in [7, 11) is 0. The maximum atomic E-state index is 10.2. The second-order valence-electron chi connectivity index (χ2n) is 5.61. The highest BCUT2D eigenvalue weighted by molar-refractivity contribution is 5.82. The molecular weight excluding hydrogens is 306 g/mol. The fraction of sp³-hybridized carbons (Fsp3) is 0.615. The smallest absolute Gasteiger partial charge is 0.167 e. The Morgan fingerprint density at radius 1 is 1.35 bits per heavy atom. The van der Waals surface area contributed by atoms with Crippen LogP contribution >= 0.6 is 0 Å². The van der Waals surface area contributed by atoms with E-state index in [-0.39, 0.29) is 12.2 Å². The minimum atomic E-state index is -1.28. The maximum Gasteiger partial charge on any atom is 0.167 e. The highest BCUT2D eigenvalue weighted by atomic mass is 16.6. The van der Waals surface area contributed by atoms with E-state index in [4.69, 9.17) is 10.5 Å². The van der Waals surface area contributed by atoms with Gasteiger partial charge in [-0.05, 0) is 6.92 Å². The van der Waals surface area contributed by atoms with Gasteiger partial charge in [-0.15, -0.1) is 0 Å². The van der Waals surface area contributed by atoms with E-state index in [2.05, 4.69) is 15.0 Å². The lowest BCUT2D eigenvalue weighted by molar-refractivity contribution is -0.0526. The first-order chi connectivity index (χ1) is 10.9. The molecular formula is C13H19N5O5. The van der Waals surface area contributed by atoms with E-state index >= 15 is 0 Å². The minimum Gasteiger partial charge on any atom is -0.394 e. The Bertz CT molecular complexity index is 705. The highest BCUT2D eigenvalue weighted by Gasteiger charge is 2.44. The maximum absolute atomic E-state index is 10.2. The van der Waals surface area contributed by atoms with Gasteiger partial charge in [0.15, 0.2) is 23.2 Å². The molecule has 2 aromatic rings. The number of nitrogens with zero attached hydrogens (tertiary/aromatic N) is 4. The molecule has 6 N–H and O–H groups in total. The van der Waals surface area contributed by atoms with Crippen molar-refractivity contribution in [2.75, 3.05) is 12.3 Å². The van der Waals surface area contributed by atoms with E-state index in [1.807, 2.05) is 0 Å². The number of hydrogen-bond acceptors (Lipinski definition) is 9. The predicted molar refractivity (Wildman–Crippen MR) is 78.1 cm³/mol. The zero-order valence-corrected chi connectivity index (χ0v) is 12.4. The van der Waals surface area contributed by atoms with Crippen molar-refractivity contribution in [3.05, 3.63) is 12.2 Å². The lowest BCUT2D eigenvalue weighted by Gasteiger charge is -2.19. The summed E-state index contributed by atoms with van der Waals surface area (Å²) in [4.78, 5) is 12.3. The Labute approximate surface area is 131 Å². The van der Waals surface area contributed by atoms with Gasteiger partial charge in [-0.25, -0.2) is 15.0 Å². The Morgan fingerprint density at radius 3 is 2.70 bits per heavy atom. The molecule has 0 saturated carbocycles. The molecule has 1 fully saturated rings. The Balaban J connectivity index is 2.13. The van der Waals surface area contributed by atoms with E-state index in [9.17, 15) is 20.4 Å². The second-order valence-corrected chi connectivity index (χ2v) is 5.61. The van der Waals surface area contributed by atoms with E-state index in [1.54, 1.807) is 6.92 Å². The lowest BCUT2D eigenvalue weighted by Crippen LogP contribution is -2.33. The van der Waals surface area contributed by atoms with Crippen LogP contribution in [-0.2, 0) is 11.2 Å². The molecule has 23 heavy (non-hydrogen) atoms. The molecule has 126 valence electrons. The first-order valence-corrected chi connectivity index (χ1v) is 7.21. The van der Waals surface area contributed by atoms with Crippen molar-refractivity contribution in [3.8, 4) is 0 Å². The van der Waals surface area contributed by atoms with Crippen molar-refractivity contribution in [2.24, 2.45) is 0 Å². The summed E-state index contributed by atoms with van der Waals surface area (Å²) in [6, 6.07) is 0. The van der Waals surface area contributed by atoms with Gasteiger partial charge in [0.05, 0.1) is 12.7 Å². The molecule has 1 aliphatic rings. The quantitative estimate of drug-likeness (QED) is 0.426. The Morgan fingerprint density at radius 2 is 2.09 bits per heavy atom. The van der Waals surface area contributed by atoms with Gasteiger partial charge in [0, 0.05) is 6.42 Å². The van der Waals surface area contributed by atoms with E-state index in [1.165, 1.54) is 10.9 Å². The molecule has 0 aliphatic carbocycles. The van der Waals surface area contributed by atoms with Crippen LogP contribution in [0.15, 0.2) is 6.33 Å².